The summed E-state index contributed by atoms with van der Waals surface area (Å²) in [7, 11) is 0. The lowest BCUT2D eigenvalue weighted by Crippen LogP contribution is -2.16. The molecule has 0 saturated heterocycles. The van der Waals surface area contributed by atoms with E-state index in [2.05, 4.69) is 52.0 Å². The van der Waals surface area contributed by atoms with Gasteiger partial charge in [0.1, 0.15) is 23.0 Å². The third kappa shape index (κ3) is 6.60. The van der Waals surface area contributed by atoms with Crippen molar-refractivity contribution in [2.45, 2.75) is 66.2 Å². The van der Waals surface area contributed by atoms with Gasteiger partial charge in [-0.25, -0.2) is 0 Å². The van der Waals surface area contributed by atoms with Gasteiger partial charge in [-0.2, -0.15) is 0 Å². The minimum absolute atomic E-state index is 0.0487. The summed E-state index contributed by atoms with van der Waals surface area (Å²) in [4.78, 5) is 0. The summed E-state index contributed by atoms with van der Waals surface area (Å²) in [6.45, 7) is 8.75. The van der Waals surface area contributed by atoms with E-state index in [4.69, 9.17) is 8.83 Å². The zero-order valence-electron chi connectivity index (χ0n) is 20.0. The second-order valence-electron chi connectivity index (χ2n) is 10.4. The molecule has 2 aromatic heterocycles. The average molecular weight is 439 g/mol. The van der Waals surface area contributed by atoms with Crippen molar-refractivity contribution >= 4 is 0 Å². The predicted molar refractivity (Wildman–Crippen MR) is 129 cm³/mol. The topological polar surface area (TPSA) is 66.7 Å². The quantitative estimate of drug-likeness (QED) is 0.323. The number of hydrogen-bond acceptors (Lipinski definition) is 4. The van der Waals surface area contributed by atoms with Gasteiger partial charge in [-0.3, -0.25) is 0 Å². The van der Waals surface area contributed by atoms with Crippen molar-refractivity contribution in [3.8, 4) is 22.6 Å². The largest absolute Gasteiger partial charge is 0.461 e. The zero-order valence-corrected chi connectivity index (χ0v) is 20.0. The van der Waals surface area contributed by atoms with Crippen LogP contribution in [0.4, 0.5) is 0 Å². The average Bonchev–Trinajstić information content (AvgIpc) is 3.43. The van der Waals surface area contributed by atoms with E-state index in [0.717, 1.165) is 72.7 Å². The van der Waals surface area contributed by atoms with Crippen LogP contribution in [0, 0.1) is 10.8 Å². The molecular formula is C28H38O4. The molecule has 0 amide bonds. The van der Waals surface area contributed by atoms with E-state index in [0.29, 0.717) is 0 Å². The number of furan rings is 2. The smallest absolute Gasteiger partial charge is 0.135 e. The van der Waals surface area contributed by atoms with Crippen LogP contribution in [0.3, 0.4) is 0 Å². The summed E-state index contributed by atoms with van der Waals surface area (Å²) in [6, 6.07) is 16.3. The predicted octanol–water partition coefficient (Wildman–Crippen LogP) is 6.89. The minimum atomic E-state index is -0.0487. The highest BCUT2D eigenvalue weighted by atomic mass is 16.3. The number of benzene rings is 1. The Labute approximate surface area is 192 Å². The second-order valence-corrected chi connectivity index (χ2v) is 10.4. The lowest BCUT2D eigenvalue weighted by Gasteiger charge is -2.20. The molecule has 0 aliphatic heterocycles. The molecule has 0 saturated carbocycles. The van der Waals surface area contributed by atoms with Crippen LogP contribution in [0.1, 0.15) is 64.9 Å². The fourth-order valence-electron chi connectivity index (χ4n) is 3.87. The maximum Gasteiger partial charge on any atom is 0.135 e. The van der Waals surface area contributed by atoms with Gasteiger partial charge in [-0.1, -0.05) is 52.0 Å². The molecule has 0 aliphatic carbocycles. The molecular weight excluding hydrogens is 400 g/mol. The fourth-order valence-corrected chi connectivity index (χ4v) is 3.87. The van der Waals surface area contributed by atoms with Crippen LogP contribution in [-0.2, 0) is 12.8 Å². The Hall–Kier alpha value is -2.30. The van der Waals surface area contributed by atoms with Gasteiger partial charge in [0, 0.05) is 37.2 Å². The SMILES string of the molecule is CC(C)(CO)CCCc1ccc(-c2ccccc2-c2ccc(CCCC(C)(C)CO)o2)o1. The van der Waals surface area contributed by atoms with Crippen LogP contribution in [0.2, 0.25) is 0 Å². The number of aliphatic hydroxyl groups is 2. The lowest BCUT2D eigenvalue weighted by molar-refractivity contribution is 0.147. The van der Waals surface area contributed by atoms with E-state index < -0.39 is 0 Å². The minimum Gasteiger partial charge on any atom is -0.461 e. The maximum atomic E-state index is 9.44. The third-order valence-corrected chi connectivity index (χ3v) is 6.19. The molecule has 0 radical (unpaired) electrons. The Morgan fingerprint density at radius 3 is 1.41 bits per heavy atom. The summed E-state index contributed by atoms with van der Waals surface area (Å²) in [6.07, 6.45) is 5.61. The highest BCUT2D eigenvalue weighted by Crippen LogP contribution is 2.35. The van der Waals surface area contributed by atoms with Crippen LogP contribution in [0.25, 0.3) is 22.6 Å². The Bertz CT molecular complexity index is 897. The standard InChI is InChI=1S/C28H38O4/c1-27(2,19-29)17-7-9-21-13-15-25(31-21)23-11-5-6-12-24(23)26-16-14-22(32-26)10-8-18-28(3,4)20-30/h5-6,11-16,29-30H,7-10,17-20H2,1-4H3. The normalized spacial score (nSPS) is 12.4. The summed E-state index contributed by atoms with van der Waals surface area (Å²) >= 11 is 0. The Morgan fingerprint density at radius 2 is 1.03 bits per heavy atom. The molecule has 0 fully saturated rings. The van der Waals surface area contributed by atoms with Gasteiger partial charge < -0.3 is 19.0 Å². The lowest BCUT2D eigenvalue weighted by atomic mass is 9.88. The van der Waals surface area contributed by atoms with Crippen molar-refractivity contribution in [3.63, 3.8) is 0 Å². The van der Waals surface area contributed by atoms with Gasteiger partial charge in [0.15, 0.2) is 0 Å². The molecule has 3 aromatic rings. The van der Waals surface area contributed by atoms with E-state index in [1.165, 1.54) is 0 Å². The molecule has 4 nitrogen and oxygen atoms in total. The van der Waals surface area contributed by atoms with E-state index in [1.807, 2.05) is 24.3 Å². The van der Waals surface area contributed by atoms with Gasteiger partial charge in [-0.05, 0) is 60.8 Å². The first-order chi connectivity index (χ1) is 15.2. The number of hydrogen-bond donors (Lipinski definition) is 2. The number of rotatable bonds is 12. The van der Waals surface area contributed by atoms with Crippen LogP contribution in [0.15, 0.2) is 57.4 Å². The monoisotopic (exact) mass is 438 g/mol. The first kappa shape index (κ1) is 24.3. The summed E-state index contributed by atoms with van der Waals surface area (Å²) in [5.74, 6) is 3.63. The molecule has 0 aliphatic rings. The molecule has 0 unspecified atom stereocenters. The van der Waals surface area contributed by atoms with Crippen molar-refractivity contribution in [1.29, 1.82) is 0 Å². The van der Waals surface area contributed by atoms with Gasteiger partial charge in [-0.15, -0.1) is 0 Å². The van der Waals surface area contributed by atoms with Gasteiger partial charge in [0.2, 0.25) is 0 Å². The maximum absolute atomic E-state index is 9.44. The molecule has 4 heteroatoms. The van der Waals surface area contributed by atoms with E-state index in [9.17, 15) is 10.2 Å². The van der Waals surface area contributed by atoms with Crippen molar-refractivity contribution in [1.82, 2.24) is 0 Å². The second kappa shape index (κ2) is 10.5. The molecule has 174 valence electrons. The van der Waals surface area contributed by atoms with Gasteiger partial charge in [0.25, 0.3) is 0 Å². The molecule has 2 N–H and O–H groups in total. The Balaban J connectivity index is 1.68. The van der Waals surface area contributed by atoms with E-state index >= 15 is 0 Å². The number of aliphatic hydroxyl groups excluding tert-OH is 2. The molecule has 0 spiro atoms. The highest BCUT2D eigenvalue weighted by Gasteiger charge is 2.18. The Morgan fingerprint density at radius 1 is 0.625 bits per heavy atom. The van der Waals surface area contributed by atoms with E-state index in [-0.39, 0.29) is 24.0 Å². The Kier molecular flexibility index (Phi) is 8.02. The molecule has 32 heavy (non-hydrogen) atoms. The summed E-state index contributed by atoms with van der Waals surface area (Å²) in [5.41, 5.74) is 1.95. The van der Waals surface area contributed by atoms with E-state index in [1.54, 1.807) is 0 Å². The van der Waals surface area contributed by atoms with Gasteiger partial charge in [0.05, 0.1) is 0 Å². The van der Waals surface area contributed by atoms with Crippen LogP contribution in [-0.4, -0.2) is 23.4 Å². The van der Waals surface area contributed by atoms with Crippen LogP contribution in [0.5, 0.6) is 0 Å². The molecule has 0 atom stereocenters. The highest BCUT2D eigenvalue weighted by molar-refractivity contribution is 5.78. The van der Waals surface area contributed by atoms with Crippen molar-refractivity contribution in [2.24, 2.45) is 10.8 Å². The molecule has 0 bridgehead atoms. The molecule has 1 aromatic carbocycles. The van der Waals surface area contributed by atoms with Crippen LogP contribution >= 0.6 is 0 Å². The molecule has 2 heterocycles. The first-order valence-electron chi connectivity index (χ1n) is 11.7. The van der Waals surface area contributed by atoms with Crippen molar-refractivity contribution < 1.29 is 19.0 Å². The fraction of sp³-hybridized carbons (Fsp3) is 0.500. The summed E-state index contributed by atoms with van der Waals surface area (Å²) < 4.78 is 12.3. The van der Waals surface area contributed by atoms with Crippen LogP contribution < -0.4 is 0 Å². The number of aryl methyl sites for hydroxylation is 2. The van der Waals surface area contributed by atoms with Gasteiger partial charge >= 0.3 is 0 Å². The zero-order chi connectivity index (χ0) is 23.2. The first-order valence-corrected chi connectivity index (χ1v) is 11.7. The van der Waals surface area contributed by atoms with Crippen molar-refractivity contribution in [3.05, 3.63) is 60.1 Å². The molecule has 3 rings (SSSR count). The third-order valence-electron chi connectivity index (χ3n) is 6.19. The van der Waals surface area contributed by atoms with Crippen molar-refractivity contribution in [2.75, 3.05) is 13.2 Å². The summed E-state index contributed by atoms with van der Waals surface area (Å²) in [5, 5.41) is 18.9.